The Morgan fingerprint density at radius 1 is 1.46 bits per heavy atom. The molecule has 0 unspecified atom stereocenters. The van der Waals surface area contributed by atoms with Crippen molar-refractivity contribution < 1.29 is 4.39 Å². The summed E-state index contributed by atoms with van der Waals surface area (Å²) in [5.41, 5.74) is 6.18. The summed E-state index contributed by atoms with van der Waals surface area (Å²) in [5.74, 6) is 5.83. The average Bonchev–Trinajstić information content (AvgIpc) is 2.09. The van der Waals surface area contributed by atoms with E-state index in [1.165, 1.54) is 6.07 Å². The summed E-state index contributed by atoms with van der Waals surface area (Å²) >= 11 is 3.99. The van der Waals surface area contributed by atoms with Crippen molar-refractivity contribution in [1.82, 2.24) is 0 Å². The molecule has 0 spiro atoms. The van der Waals surface area contributed by atoms with Gasteiger partial charge in [-0.05, 0) is 18.2 Å². The Balaban J connectivity index is 2.85. The molecule has 0 aliphatic heterocycles. The third kappa shape index (κ3) is 3.00. The van der Waals surface area contributed by atoms with Crippen molar-refractivity contribution in [2.45, 2.75) is 6.42 Å². The molecule has 0 saturated carbocycles. The Morgan fingerprint density at radius 2 is 2.23 bits per heavy atom. The van der Waals surface area contributed by atoms with Crippen LogP contribution in [0.5, 0.6) is 0 Å². The first-order valence-corrected chi connectivity index (χ1v) is 4.52. The van der Waals surface area contributed by atoms with E-state index in [0.717, 1.165) is 0 Å². The van der Waals surface area contributed by atoms with E-state index in [0.29, 0.717) is 23.4 Å². The van der Waals surface area contributed by atoms with Crippen LogP contribution in [0.4, 0.5) is 10.1 Å². The van der Waals surface area contributed by atoms with Crippen LogP contribution in [-0.2, 0) is 0 Å². The van der Waals surface area contributed by atoms with Gasteiger partial charge in [-0.15, -0.1) is 0 Å². The van der Waals surface area contributed by atoms with Gasteiger partial charge in [0.2, 0.25) is 0 Å². The third-order valence-electron chi connectivity index (χ3n) is 1.45. The largest absolute Gasteiger partial charge is 0.399 e. The second kappa shape index (κ2) is 4.78. The first-order chi connectivity index (χ1) is 6.24. The second-order valence-electron chi connectivity index (χ2n) is 2.51. The molecule has 0 aliphatic carbocycles. The summed E-state index contributed by atoms with van der Waals surface area (Å²) in [5, 5.41) is 0. The summed E-state index contributed by atoms with van der Waals surface area (Å²) in [6, 6.07) is 4.48. The zero-order chi connectivity index (χ0) is 9.68. The summed E-state index contributed by atoms with van der Waals surface area (Å²) in [4.78, 5) is 0. The van der Waals surface area contributed by atoms with Crippen molar-refractivity contribution in [2.75, 3.05) is 11.5 Å². The lowest BCUT2D eigenvalue weighted by Gasteiger charge is -1.95. The lowest BCUT2D eigenvalue weighted by molar-refractivity contribution is 0.625. The molecule has 0 aliphatic rings. The highest BCUT2D eigenvalue weighted by Crippen LogP contribution is 2.10. The normalized spacial score (nSPS) is 9.08. The van der Waals surface area contributed by atoms with Gasteiger partial charge in [0, 0.05) is 17.9 Å². The molecule has 0 aromatic heterocycles. The third-order valence-corrected chi connectivity index (χ3v) is 1.68. The minimum atomic E-state index is -0.369. The number of benzene rings is 1. The van der Waals surface area contributed by atoms with Gasteiger partial charge in [0.15, 0.2) is 0 Å². The molecule has 13 heavy (non-hydrogen) atoms. The number of thiol groups is 1. The summed E-state index contributed by atoms with van der Waals surface area (Å²) in [6.07, 6.45) is 0.660. The number of nitrogens with two attached hydrogens (primary N) is 1. The van der Waals surface area contributed by atoms with Crippen LogP contribution < -0.4 is 5.73 Å². The number of anilines is 1. The van der Waals surface area contributed by atoms with Crippen LogP contribution in [0.2, 0.25) is 0 Å². The zero-order valence-corrected chi connectivity index (χ0v) is 7.94. The van der Waals surface area contributed by atoms with E-state index in [2.05, 4.69) is 24.5 Å². The maximum Gasteiger partial charge on any atom is 0.140 e. The van der Waals surface area contributed by atoms with Gasteiger partial charge in [-0.2, -0.15) is 12.6 Å². The van der Waals surface area contributed by atoms with Crippen molar-refractivity contribution in [3.63, 3.8) is 0 Å². The molecular formula is C10H10FNS. The van der Waals surface area contributed by atoms with Gasteiger partial charge >= 0.3 is 0 Å². The summed E-state index contributed by atoms with van der Waals surface area (Å²) < 4.78 is 13.1. The molecule has 1 aromatic carbocycles. The van der Waals surface area contributed by atoms with Crippen LogP contribution in [0.15, 0.2) is 18.2 Å². The van der Waals surface area contributed by atoms with Crippen LogP contribution in [0.3, 0.4) is 0 Å². The molecule has 68 valence electrons. The van der Waals surface area contributed by atoms with Gasteiger partial charge in [0.1, 0.15) is 5.82 Å². The predicted octanol–water partition coefficient (Wildman–Crippen LogP) is 2.08. The molecule has 0 bridgehead atoms. The fourth-order valence-electron chi connectivity index (χ4n) is 0.846. The van der Waals surface area contributed by atoms with E-state index in [1.54, 1.807) is 12.1 Å². The Kier molecular flexibility index (Phi) is 3.66. The van der Waals surface area contributed by atoms with Crippen LogP contribution in [0, 0.1) is 17.7 Å². The number of rotatable bonds is 1. The first-order valence-electron chi connectivity index (χ1n) is 3.89. The molecule has 0 radical (unpaired) electrons. The van der Waals surface area contributed by atoms with Gasteiger partial charge in [-0.3, -0.25) is 0 Å². The van der Waals surface area contributed by atoms with E-state index in [4.69, 9.17) is 5.73 Å². The molecule has 0 atom stereocenters. The van der Waals surface area contributed by atoms with Gasteiger partial charge in [0.05, 0.1) is 5.56 Å². The van der Waals surface area contributed by atoms with E-state index in [1.807, 2.05) is 0 Å². The van der Waals surface area contributed by atoms with Gasteiger partial charge in [-0.1, -0.05) is 11.8 Å². The Labute approximate surface area is 82.6 Å². The Morgan fingerprint density at radius 3 is 2.85 bits per heavy atom. The molecular weight excluding hydrogens is 185 g/mol. The Bertz CT molecular complexity index is 352. The number of hydrogen-bond acceptors (Lipinski definition) is 2. The molecule has 0 fully saturated rings. The van der Waals surface area contributed by atoms with E-state index >= 15 is 0 Å². The molecule has 0 amide bonds. The summed E-state index contributed by atoms with van der Waals surface area (Å²) in [7, 11) is 0. The standard InChI is InChI=1S/C10H10FNS/c11-10-7-9(12)5-4-8(10)3-1-2-6-13/h4-5,7,13H,2,6,12H2. The quantitative estimate of drug-likeness (QED) is 0.400. The number of nitrogen functional groups attached to an aromatic ring is 1. The molecule has 2 N–H and O–H groups in total. The number of hydrogen-bond donors (Lipinski definition) is 2. The topological polar surface area (TPSA) is 26.0 Å². The lowest BCUT2D eigenvalue weighted by Crippen LogP contribution is -1.88. The SMILES string of the molecule is Nc1ccc(C#CCCS)c(F)c1. The maximum atomic E-state index is 13.1. The van der Waals surface area contributed by atoms with Crippen molar-refractivity contribution in [3.8, 4) is 11.8 Å². The van der Waals surface area contributed by atoms with Crippen molar-refractivity contribution >= 4 is 18.3 Å². The molecule has 1 nitrogen and oxygen atoms in total. The molecule has 1 aromatic rings. The minimum Gasteiger partial charge on any atom is -0.399 e. The summed E-state index contributed by atoms with van der Waals surface area (Å²) in [6.45, 7) is 0. The monoisotopic (exact) mass is 195 g/mol. The zero-order valence-electron chi connectivity index (χ0n) is 7.05. The molecule has 3 heteroatoms. The highest BCUT2D eigenvalue weighted by molar-refractivity contribution is 7.80. The van der Waals surface area contributed by atoms with Gasteiger partial charge < -0.3 is 5.73 Å². The second-order valence-corrected chi connectivity index (χ2v) is 2.96. The highest BCUT2D eigenvalue weighted by atomic mass is 32.1. The van der Waals surface area contributed by atoms with Crippen LogP contribution in [0.25, 0.3) is 0 Å². The molecule has 0 heterocycles. The van der Waals surface area contributed by atoms with Crippen molar-refractivity contribution in [2.24, 2.45) is 0 Å². The van der Waals surface area contributed by atoms with E-state index < -0.39 is 0 Å². The van der Waals surface area contributed by atoms with Crippen LogP contribution in [-0.4, -0.2) is 5.75 Å². The molecule has 1 rings (SSSR count). The van der Waals surface area contributed by atoms with E-state index in [-0.39, 0.29) is 5.82 Å². The first kappa shape index (κ1) is 9.94. The smallest absolute Gasteiger partial charge is 0.140 e. The average molecular weight is 195 g/mol. The van der Waals surface area contributed by atoms with Gasteiger partial charge in [0.25, 0.3) is 0 Å². The highest BCUT2D eigenvalue weighted by Gasteiger charge is 1.97. The predicted molar refractivity (Wildman–Crippen MR) is 56.2 cm³/mol. The molecule has 0 saturated heterocycles. The fourth-order valence-corrected chi connectivity index (χ4v) is 0.958. The van der Waals surface area contributed by atoms with Crippen molar-refractivity contribution in [3.05, 3.63) is 29.6 Å². The number of halogens is 1. The fraction of sp³-hybridized carbons (Fsp3) is 0.200. The lowest BCUT2D eigenvalue weighted by atomic mass is 10.2. The minimum absolute atomic E-state index is 0.369. The van der Waals surface area contributed by atoms with Crippen LogP contribution in [0.1, 0.15) is 12.0 Å². The van der Waals surface area contributed by atoms with Gasteiger partial charge in [-0.25, -0.2) is 4.39 Å². The Hall–Kier alpha value is -1.14. The maximum absolute atomic E-state index is 13.1. The van der Waals surface area contributed by atoms with E-state index in [9.17, 15) is 4.39 Å². The van der Waals surface area contributed by atoms with Crippen LogP contribution >= 0.6 is 12.6 Å². The van der Waals surface area contributed by atoms with Crippen molar-refractivity contribution in [1.29, 1.82) is 0 Å².